The second kappa shape index (κ2) is 23.8. The zero-order valence-corrected chi connectivity index (χ0v) is 47.6. The molecular weight excluding hydrogens is 1080 g/mol. The molecular formula is C70H67BF6O3P2. The SMILES string of the molecule is FC(F)(F)c1cc(OB(OP(Cc2ccc(C3CCCCC3)cc2)(c2ccccc2)(c2ccccc2)c2ccccc2)OP(Cc2ccc(C3CCCCC3)cc2)(c2ccccc2)(c2ccccc2)c2ccccc2)cc(C(F)(F)F)c1. The van der Waals surface area contributed by atoms with Crippen LogP contribution in [0.15, 0.2) is 249 Å². The van der Waals surface area contributed by atoms with Crippen LogP contribution in [0.1, 0.15) is 109 Å². The van der Waals surface area contributed by atoms with Crippen molar-refractivity contribution in [3.05, 3.63) is 282 Å². The predicted molar refractivity (Wildman–Crippen MR) is 327 cm³/mol. The first-order valence-corrected chi connectivity index (χ1v) is 33.3. The van der Waals surface area contributed by atoms with E-state index >= 15 is 26.3 Å². The summed E-state index contributed by atoms with van der Waals surface area (Å²) in [4.78, 5) is 0. The summed E-state index contributed by atoms with van der Waals surface area (Å²) in [6, 6.07) is 77.7. The maximum atomic E-state index is 15.2. The van der Waals surface area contributed by atoms with Gasteiger partial charge in [0.2, 0.25) is 0 Å². The molecule has 0 N–H and O–H groups in total. The van der Waals surface area contributed by atoms with Crippen molar-refractivity contribution >= 4 is 52.8 Å². The summed E-state index contributed by atoms with van der Waals surface area (Å²) in [5, 5.41) is 4.40. The molecule has 0 amide bonds. The van der Waals surface area contributed by atoms with Gasteiger partial charge in [-0.1, -0.05) is 0 Å². The van der Waals surface area contributed by atoms with Crippen LogP contribution >= 0.6 is 13.7 Å². The normalized spacial score (nSPS) is 15.8. The maximum absolute atomic E-state index is 15.2. The van der Waals surface area contributed by atoms with Crippen LogP contribution in [0.3, 0.4) is 0 Å². The molecule has 82 heavy (non-hydrogen) atoms. The fourth-order valence-corrected chi connectivity index (χ4v) is 24.6. The van der Waals surface area contributed by atoms with E-state index in [9.17, 15) is 0 Å². The number of hydrogen-bond donors (Lipinski definition) is 0. The summed E-state index contributed by atoms with van der Waals surface area (Å²) in [5.74, 6) is 0.0916. The van der Waals surface area contributed by atoms with E-state index in [0.29, 0.717) is 24.0 Å². The van der Waals surface area contributed by atoms with Crippen molar-refractivity contribution in [2.24, 2.45) is 0 Å². The van der Waals surface area contributed by atoms with E-state index in [1.807, 2.05) is 182 Å². The Balaban J connectivity index is 1.25. The van der Waals surface area contributed by atoms with Crippen molar-refractivity contribution in [1.82, 2.24) is 0 Å². The van der Waals surface area contributed by atoms with E-state index in [2.05, 4.69) is 48.5 Å². The Morgan fingerprint density at radius 2 is 0.610 bits per heavy atom. The molecule has 12 heteroatoms. The van der Waals surface area contributed by atoms with E-state index in [-0.39, 0.29) is 18.4 Å². The molecule has 2 saturated carbocycles. The molecule has 0 atom stereocenters. The second-order valence-corrected chi connectivity index (χ2v) is 31.3. The van der Waals surface area contributed by atoms with Crippen LogP contribution in [-0.2, 0) is 33.6 Å². The van der Waals surface area contributed by atoms with Gasteiger partial charge >= 0.3 is 481 Å². The first-order chi connectivity index (χ1) is 39.8. The van der Waals surface area contributed by atoms with Crippen LogP contribution in [0.25, 0.3) is 0 Å². The Kier molecular flexibility index (Phi) is 16.6. The van der Waals surface area contributed by atoms with Crippen LogP contribution in [0.5, 0.6) is 5.75 Å². The van der Waals surface area contributed by atoms with E-state index in [1.165, 1.54) is 24.0 Å². The van der Waals surface area contributed by atoms with Crippen LogP contribution in [-0.4, -0.2) is 7.32 Å². The Hall–Kier alpha value is -6.80. The minimum absolute atomic E-state index is 0.118. The number of halogens is 6. The molecule has 0 aromatic heterocycles. The number of hydrogen-bond acceptors (Lipinski definition) is 3. The monoisotopic (exact) mass is 1140 g/mol. The van der Waals surface area contributed by atoms with Gasteiger partial charge in [0.25, 0.3) is 0 Å². The molecule has 0 bridgehead atoms. The summed E-state index contributed by atoms with van der Waals surface area (Å²) in [6.45, 7) is -9.77. The summed E-state index contributed by atoms with van der Waals surface area (Å²) < 4.78 is 115. The summed E-state index contributed by atoms with van der Waals surface area (Å²) in [6.07, 6.45) is 1.47. The van der Waals surface area contributed by atoms with Crippen LogP contribution in [0.2, 0.25) is 0 Å². The fourth-order valence-electron chi connectivity index (χ4n) is 13.2. The molecule has 2 aliphatic carbocycles. The molecule has 0 spiro atoms. The number of benzene rings is 9. The van der Waals surface area contributed by atoms with Gasteiger partial charge < -0.3 is 0 Å². The molecule has 11 rings (SSSR count). The molecule has 420 valence electrons. The Bertz CT molecular complexity index is 3080. The minimum atomic E-state index is -5.20. The molecule has 9 aromatic rings. The van der Waals surface area contributed by atoms with Crippen molar-refractivity contribution in [2.45, 2.75) is 101 Å². The average Bonchev–Trinajstić information content (AvgIpc) is 0.920. The molecule has 2 fully saturated rings. The van der Waals surface area contributed by atoms with E-state index in [1.54, 1.807) is 0 Å². The molecule has 0 saturated heterocycles. The molecule has 3 nitrogen and oxygen atoms in total. The van der Waals surface area contributed by atoms with Gasteiger partial charge in [0.05, 0.1) is 0 Å². The summed E-state index contributed by atoms with van der Waals surface area (Å²) in [5.41, 5.74) is 1.22. The van der Waals surface area contributed by atoms with Gasteiger partial charge in [-0.3, -0.25) is 0 Å². The molecule has 0 heterocycles. The zero-order chi connectivity index (χ0) is 56.7. The van der Waals surface area contributed by atoms with Crippen molar-refractivity contribution in [2.75, 3.05) is 0 Å². The van der Waals surface area contributed by atoms with Crippen molar-refractivity contribution < 1.29 is 39.9 Å². The molecule has 2 aliphatic rings. The first-order valence-electron chi connectivity index (χ1n) is 28.6. The van der Waals surface area contributed by atoms with Crippen molar-refractivity contribution in [3.63, 3.8) is 0 Å². The van der Waals surface area contributed by atoms with Gasteiger partial charge in [-0.25, -0.2) is 0 Å². The Labute approximate surface area is 478 Å². The van der Waals surface area contributed by atoms with Gasteiger partial charge in [-0.15, -0.1) is 0 Å². The van der Waals surface area contributed by atoms with Crippen LogP contribution in [0, 0.1) is 0 Å². The van der Waals surface area contributed by atoms with Crippen molar-refractivity contribution in [3.8, 4) is 5.75 Å². The molecule has 0 radical (unpaired) electrons. The topological polar surface area (TPSA) is 27.7 Å². The van der Waals surface area contributed by atoms with E-state index in [0.717, 1.165) is 94.3 Å². The number of rotatable bonds is 18. The molecule has 0 unspecified atom stereocenters. The third kappa shape index (κ3) is 11.1. The standard InChI is InChI=1S/C70H67BF6O3P2/c72-69(73,74)60-49-61(70(75,76)77)51-62(50-60)78-71(79-81(63-29-13-3-14-30-63,64-31-15-4-16-32-64,65-33-17-5-18-34-65)52-54-41-45-58(46-42-54)56-25-9-1-10-26-56)80-82(66-35-19-6-20-36-66,67-37-21-7-22-38-67,68-39-23-8-24-40-68)53-55-43-47-59(48-44-55)57-27-11-2-12-28-57/h3-8,13-24,29-51,56-57H,1-2,9-12,25-28,52-53H2. The molecule has 0 aliphatic heterocycles. The summed E-state index contributed by atoms with van der Waals surface area (Å²) >= 11 is 0. The van der Waals surface area contributed by atoms with E-state index < -0.39 is 50.2 Å². The van der Waals surface area contributed by atoms with Crippen LogP contribution < -0.4 is 36.5 Å². The van der Waals surface area contributed by atoms with Gasteiger partial charge in [0.15, 0.2) is 0 Å². The Morgan fingerprint density at radius 3 is 0.866 bits per heavy atom. The average molecular weight is 1140 g/mol. The summed E-state index contributed by atoms with van der Waals surface area (Å²) in [7, 11) is -2.07. The predicted octanol–water partition coefficient (Wildman–Crippen LogP) is 17.5. The zero-order valence-electron chi connectivity index (χ0n) is 45.8. The fraction of sp³-hybridized carbons (Fsp3) is 0.229. The third-order valence-electron chi connectivity index (χ3n) is 17.3. The quantitative estimate of drug-likeness (QED) is 0.0487. The van der Waals surface area contributed by atoms with Crippen molar-refractivity contribution in [1.29, 1.82) is 0 Å². The van der Waals surface area contributed by atoms with Gasteiger partial charge in [-0.2, -0.15) is 0 Å². The van der Waals surface area contributed by atoms with Gasteiger partial charge in [0, 0.05) is 0 Å². The van der Waals surface area contributed by atoms with Gasteiger partial charge in [-0.05, 0) is 0 Å². The molecule has 9 aromatic carbocycles. The van der Waals surface area contributed by atoms with Gasteiger partial charge in [0.1, 0.15) is 0 Å². The van der Waals surface area contributed by atoms with Crippen LogP contribution in [0.4, 0.5) is 26.3 Å². The van der Waals surface area contributed by atoms with E-state index in [4.69, 9.17) is 13.5 Å². The Morgan fingerprint density at radius 1 is 0.341 bits per heavy atom. The first kappa shape index (κ1) is 57.0. The third-order valence-corrected chi connectivity index (χ3v) is 28.9. The second-order valence-electron chi connectivity index (χ2n) is 22.3. The number of alkyl halides is 6.